The molecule has 1 N–H and O–H groups in total. The fourth-order valence-corrected chi connectivity index (χ4v) is 2.50. The first kappa shape index (κ1) is 11.1. The summed E-state index contributed by atoms with van der Waals surface area (Å²) in [5.41, 5.74) is 0.810. The number of aliphatic imine (C=N–C) groups is 1. The molecule has 1 aromatic carbocycles. The lowest BCUT2D eigenvalue weighted by molar-refractivity contribution is 0.865. The molecule has 1 atom stereocenters. The van der Waals surface area contributed by atoms with E-state index in [0.717, 1.165) is 16.6 Å². The van der Waals surface area contributed by atoms with Gasteiger partial charge in [0.1, 0.15) is 0 Å². The number of benzene rings is 1. The topological polar surface area (TPSA) is 24.4 Å². The Morgan fingerprint density at radius 2 is 2.27 bits per heavy atom. The minimum atomic E-state index is 0.371. The normalized spacial score (nSPS) is 20.2. The van der Waals surface area contributed by atoms with Crippen molar-refractivity contribution in [2.24, 2.45) is 4.99 Å². The molecule has 1 unspecified atom stereocenters. The number of hydrogen-bond acceptors (Lipinski definition) is 3. The molecule has 1 aliphatic rings. The Kier molecular flexibility index (Phi) is 3.44. The van der Waals surface area contributed by atoms with Crippen LogP contribution in [-0.2, 0) is 0 Å². The summed E-state index contributed by atoms with van der Waals surface area (Å²) in [5, 5.41) is 5.41. The van der Waals surface area contributed by atoms with Crippen LogP contribution < -0.4 is 5.32 Å². The van der Waals surface area contributed by atoms with Gasteiger partial charge in [-0.05, 0) is 25.1 Å². The number of rotatable bonds is 1. The maximum atomic E-state index is 6.03. The second kappa shape index (κ2) is 4.64. The van der Waals surface area contributed by atoms with E-state index in [2.05, 4.69) is 17.2 Å². The molecule has 0 amide bonds. The first-order valence-corrected chi connectivity index (χ1v) is 6.32. The van der Waals surface area contributed by atoms with Gasteiger partial charge in [0.05, 0.1) is 16.8 Å². The van der Waals surface area contributed by atoms with Crippen molar-refractivity contribution < 1.29 is 0 Å². The number of hydrogen-bond donors (Lipinski definition) is 1. The summed E-state index contributed by atoms with van der Waals surface area (Å²) in [6.45, 7) is 2.08. The summed E-state index contributed by atoms with van der Waals surface area (Å²) in [6, 6.07) is 5.71. The lowest BCUT2D eigenvalue weighted by atomic mass is 10.3. The molecule has 5 heteroatoms. The number of nitrogens with one attached hydrogen (secondary N) is 1. The Hall–Kier alpha value is -0.380. The molecular formula is C10H10Cl2N2S. The summed E-state index contributed by atoms with van der Waals surface area (Å²) >= 11 is 13.6. The highest BCUT2D eigenvalue weighted by Crippen LogP contribution is 2.28. The molecule has 1 aromatic rings. The average Bonchev–Trinajstić information content (AvgIpc) is 2.58. The lowest BCUT2D eigenvalue weighted by Gasteiger charge is -2.07. The second-order valence-electron chi connectivity index (χ2n) is 3.34. The summed E-state index contributed by atoms with van der Waals surface area (Å²) in [7, 11) is 0. The number of amidine groups is 1. The monoisotopic (exact) mass is 260 g/mol. The first-order valence-electron chi connectivity index (χ1n) is 4.58. The summed E-state index contributed by atoms with van der Waals surface area (Å²) in [6.07, 6.45) is 0. The predicted molar refractivity (Wildman–Crippen MR) is 69.4 cm³/mol. The molecule has 0 fully saturated rings. The Balaban J connectivity index is 2.17. The number of halogens is 2. The number of anilines is 1. The summed E-state index contributed by atoms with van der Waals surface area (Å²) in [4.78, 5) is 4.42. The highest BCUT2D eigenvalue weighted by Gasteiger charge is 2.14. The van der Waals surface area contributed by atoms with Crippen molar-refractivity contribution in [1.82, 2.24) is 0 Å². The van der Waals surface area contributed by atoms with Crippen LogP contribution in [0.1, 0.15) is 6.92 Å². The zero-order valence-electron chi connectivity index (χ0n) is 8.13. The summed E-state index contributed by atoms with van der Waals surface area (Å²) < 4.78 is 0. The van der Waals surface area contributed by atoms with Crippen molar-refractivity contribution in [2.75, 3.05) is 11.1 Å². The second-order valence-corrected chi connectivity index (χ2v) is 5.20. The predicted octanol–water partition coefficient (Wildman–Crippen LogP) is 3.90. The van der Waals surface area contributed by atoms with E-state index in [1.807, 2.05) is 0 Å². The van der Waals surface area contributed by atoms with Crippen molar-refractivity contribution >= 4 is 45.8 Å². The highest BCUT2D eigenvalue weighted by atomic mass is 35.5. The quantitative estimate of drug-likeness (QED) is 0.829. The van der Waals surface area contributed by atoms with Crippen LogP contribution in [0.3, 0.4) is 0 Å². The Morgan fingerprint density at radius 3 is 2.93 bits per heavy atom. The molecule has 1 heterocycles. The summed E-state index contributed by atoms with van der Waals surface area (Å²) in [5.74, 6) is 1.01. The Morgan fingerprint density at radius 1 is 1.47 bits per heavy atom. The maximum Gasteiger partial charge on any atom is 0.161 e. The van der Waals surface area contributed by atoms with Crippen molar-refractivity contribution in [3.05, 3.63) is 28.2 Å². The molecule has 0 bridgehead atoms. The van der Waals surface area contributed by atoms with Gasteiger partial charge in [-0.15, -0.1) is 0 Å². The van der Waals surface area contributed by atoms with Crippen LogP contribution in [0, 0.1) is 0 Å². The van der Waals surface area contributed by atoms with Crippen molar-refractivity contribution in [2.45, 2.75) is 13.0 Å². The van der Waals surface area contributed by atoms with Gasteiger partial charge in [-0.2, -0.15) is 0 Å². The maximum absolute atomic E-state index is 6.03. The van der Waals surface area contributed by atoms with Crippen LogP contribution in [0.4, 0.5) is 5.69 Å². The van der Waals surface area contributed by atoms with E-state index in [0.29, 0.717) is 16.1 Å². The molecule has 0 aliphatic carbocycles. The van der Waals surface area contributed by atoms with E-state index in [-0.39, 0.29) is 0 Å². The van der Waals surface area contributed by atoms with Gasteiger partial charge >= 0.3 is 0 Å². The fraction of sp³-hybridized carbons (Fsp3) is 0.300. The molecular weight excluding hydrogens is 251 g/mol. The van der Waals surface area contributed by atoms with Gasteiger partial charge in [0.25, 0.3) is 0 Å². The van der Waals surface area contributed by atoms with Crippen LogP contribution in [0.5, 0.6) is 0 Å². The van der Waals surface area contributed by atoms with E-state index in [9.17, 15) is 0 Å². The zero-order valence-corrected chi connectivity index (χ0v) is 10.5. The van der Waals surface area contributed by atoms with Crippen LogP contribution in [0.2, 0.25) is 10.0 Å². The number of thioether (sulfide) groups is 1. The minimum Gasteiger partial charge on any atom is -0.334 e. The smallest absolute Gasteiger partial charge is 0.161 e. The molecule has 80 valence electrons. The van der Waals surface area contributed by atoms with Gasteiger partial charge in [-0.1, -0.05) is 35.0 Å². The highest BCUT2D eigenvalue weighted by molar-refractivity contribution is 8.14. The van der Waals surface area contributed by atoms with E-state index in [1.54, 1.807) is 30.0 Å². The Labute approximate surface area is 103 Å². The zero-order chi connectivity index (χ0) is 10.8. The first-order chi connectivity index (χ1) is 7.15. The van der Waals surface area contributed by atoms with Crippen LogP contribution in [0.25, 0.3) is 0 Å². The van der Waals surface area contributed by atoms with Gasteiger partial charge in [0, 0.05) is 10.8 Å². The largest absolute Gasteiger partial charge is 0.334 e. The molecule has 15 heavy (non-hydrogen) atoms. The third-order valence-corrected chi connectivity index (χ3v) is 3.66. The van der Waals surface area contributed by atoms with Crippen LogP contribution in [0.15, 0.2) is 23.2 Å². The SMILES string of the molecule is CC1CSC(Nc2cc(Cl)ccc2Cl)=N1. The van der Waals surface area contributed by atoms with Gasteiger partial charge in [-0.25, -0.2) is 0 Å². The van der Waals surface area contributed by atoms with Crippen molar-refractivity contribution in [3.63, 3.8) is 0 Å². The minimum absolute atomic E-state index is 0.371. The molecule has 2 rings (SSSR count). The average molecular weight is 261 g/mol. The van der Waals surface area contributed by atoms with Gasteiger partial charge < -0.3 is 5.32 Å². The molecule has 2 nitrogen and oxygen atoms in total. The third-order valence-electron chi connectivity index (χ3n) is 1.97. The van der Waals surface area contributed by atoms with E-state index in [1.165, 1.54) is 0 Å². The van der Waals surface area contributed by atoms with Crippen LogP contribution >= 0.6 is 35.0 Å². The fourth-order valence-electron chi connectivity index (χ4n) is 1.25. The van der Waals surface area contributed by atoms with Crippen molar-refractivity contribution in [3.8, 4) is 0 Å². The number of nitrogens with zero attached hydrogens (tertiary/aromatic N) is 1. The van der Waals surface area contributed by atoms with Gasteiger partial charge in [0.2, 0.25) is 0 Å². The van der Waals surface area contributed by atoms with Gasteiger partial charge in [0.15, 0.2) is 5.17 Å². The third kappa shape index (κ3) is 2.80. The van der Waals surface area contributed by atoms with Gasteiger partial charge in [-0.3, -0.25) is 4.99 Å². The molecule has 0 spiro atoms. The van der Waals surface area contributed by atoms with E-state index < -0.39 is 0 Å². The molecule has 1 aliphatic heterocycles. The Bertz CT molecular complexity index is 406. The molecule has 0 saturated heterocycles. The van der Waals surface area contributed by atoms with E-state index >= 15 is 0 Å². The lowest BCUT2D eigenvalue weighted by Crippen LogP contribution is -2.05. The van der Waals surface area contributed by atoms with Crippen LogP contribution in [-0.4, -0.2) is 17.0 Å². The molecule has 0 saturated carbocycles. The standard InChI is InChI=1S/C10H10Cl2N2S/c1-6-5-15-10(13-6)14-9-4-7(11)2-3-8(9)12/h2-4,6H,5H2,1H3,(H,13,14). The van der Waals surface area contributed by atoms with E-state index in [4.69, 9.17) is 23.2 Å². The van der Waals surface area contributed by atoms with Crippen molar-refractivity contribution in [1.29, 1.82) is 0 Å². The molecule has 0 radical (unpaired) electrons. The molecule has 0 aromatic heterocycles.